The van der Waals surface area contributed by atoms with Crippen LogP contribution >= 0.6 is 11.3 Å². The lowest BCUT2D eigenvalue weighted by molar-refractivity contribution is -0.0673. The fourth-order valence-electron chi connectivity index (χ4n) is 2.42. The van der Waals surface area contributed by atoms with Crippen molar-refractivity contribution in [2.45, 2.75) is 46.3 Å². The molecule has 1 saturated carbocycles. The lowest BCUT2D eigenvalue weighted by Gasteiger charge is -2.49. The average molecular weight is 312 g/mol. The minimum absolute atomic E-state index is 0.122. The zero-order valence-corrected chi connectivity index (χ0v) is 13.3. The zero-order valence-electron chi connectivity index (χ0n) is 12.5. The first kappa shape index (κ1) is 15.8. The number of carbonyl (C=O) groups excluding carboxylic acids is 1. The Labute approximate surface area is 127 Å². The molecule has 2 atom stereocenters. The summed E-state index contributed by atoms with van der Waals surface area (Å²) in [5, 5.41) is 24.6. The number of aromatic carboxylic acids is 1. The van der Waals surface area contributed by atoms with Crippen molar-refractivity contribution >= 4 is 28.3 Å². The third kappa shape index (κ3) is 2.75. The third-order valence-corrected chi connectivity index (χ3v) is 5.47. The highest BCUT2D eigenvalue weighted by atomic mass is 32.1. The summed E-state index contributed by atoms with van der Waals surface area (Å²) in [7, 11) is 0. The number of carboxylic acid groups (broad SMARTS) is 1. The normalized spacial score (nSPS) is 23.3. The second-order valence-corrected chi connectivity index (χ2v) is 7.24. The molecule has 0 spiro atoms. The SMILES string of the molecule is Cc1sc(NC(=O)NC2CC(O)C2(C)C)c(C(=O)O)c1C. The van der Waals surface area contributed by atoms with Gasteiger partial charge in [-0.3, -0.25) is 5.32 Å². The van der Waals surface area contributed by atoms with Crippen LogP contribution in [0.15, 0.2) is 0 Å². The quantitative estimate of drug-likeness (QED) is 0.688. The van der Waals surface area contributed by atoms with Gasteiger partial charge in [-0.05, 0) is 25.8 Å². The Morgan fingerprint density at radius 1 is 1.33 bits per heavy atom. The summed E-state index contributed by atoms with van der Waals surface area (Å²) in [4.78, 5) is 24.2. The van der Waals surface area contributed by atoms with Gasteiger partial charge in [0.2, 0.25) is 0 Å². The molecule has 1 aromatic heterocycles. The molecule has 2 amide bonds. The van der Waals surface area contributed by atoms with E-state index < -0.39 is 18.1 Å². The van der Waals surface area contributed by atoms with Crippen molar-refractivity contribution in [3.63, 3.8) is 0 Å². The van der Waals surface area contributed by atoms with Gasteiger partial charge in [0, 0.05) is 16.3 Å². The first-order chi connectivity index (χ1) is 9.64. The van der Waals surface area contributed by atoms with E-state index >= 15 is 0 Å². The van der Waals surface area contributed by atoms with Crippen LogP contribution in [0.1, 0.15) is 41.1 Å². The number of aliphatic hydroxyl groups excluding tert-OH is 1. The van der Waals surface area contributed by atoms with Crippen molar-refractivity contribution in [3.05, 3.63) is 16.0 Å². The summed E-state index contributed by atoms with van der Waals surface area (Å²) in [5.74, 6) is -1.05. The van der Waals surface area contributed by atoms with Gasteiger partial charge in [-0.1, -0.05) is 13.8 Å². The van der Waals surface area contributed by atoms with Crippen LogP contribution in [0.3, 0.4) is 0 Å². The Morgan fingerprint density at radius 3 is 2.43 bits per heavy atom. The van der Waals surface area contributed by atoms with Crippen LogP contribution in [-0.4, -0.2) is 34.4 Å². The lowest BCUT2D eigenvalue weighted by Crippen LogP contribution is -2.61. The zero-order chi connectivity index (χ0) is 15.9. The molecule has 2 rings (SSSR count). The minimum atomic E-state index is -1.05. The Balaban J connectivity index is 2.08. The van der Waals surface area contributed by atoms with E-state index in [1.165, 1.54) is 11.3 Å². The van der Waals surface area contributed by atoms with E-state index in [1.807, 2.05) is 20.8 Å². The van der Waals surface area contributed by atoms with Crippen LogP contribution in [0, 0.1) is 19.3 Å². The highest BCUT2D eigenvalue weighted by Gasteiger charge is 2.48. The molecule has 0 radical (unpaired) electrons. The van der Waals surface area contributed by atoms with Crippen LogP contribution in [0.4, 0.5) is 9.80 Å². The molecular formula is C14H20N2O4S. The molecular weight excluding hydrogens is 292 g/mol. The van der Waals surface area contributed by atoms with Gasteiger partial charge in [0.25, 0.3) is 0 Å². The molecule has 4 N–H and O–H groups in total. The molecule has 2 unspecified atom stereocenters. The number of carbonyl (C=O) groups is 2. The van der Waals surface area contributed by atoms with E-state index in [-0.39, 0.29) is 17.0 Å². The monoisotopic (exact) mass is 312 g/mol. The predicted molar refractivity (Wildman–Crippen MR) is 81.1 cm³/mol. The molecule has 1 aliphatic rings. The number of carboxylic acids is 1. The maximum absolute atomic E-state index is 12.0. The van der Waals surface area contributed by atoms with Crippen LogP contribution in [-0.2, 0) is 0 Å². The molecule has 0 bridgehead atoms. The van der Waals surface area contributed by atoms with Crippen molar-refractivity contribution in [1.29, 1.82) is 0 Å². The summed E-state index contributed by atoms with van der Waals surface area (Å²) in [6.07, 6.45) is 0.0814. The molecule has 0 aromatic carbocycles. The van der Waals surface area contributed by atoms with E-state index in [1.54, 1.807) is 6.92 Å². The third-order valence-electron chi connectivity index (χ3n) is 4.35. The van der Waals surface area contributed by atoms with Gasteiger partial charge >= 0.3 is 12.0 Å². The summed E-state index contributed by atoms with van der Waals surface area (Å²) >= 11 is 1.25. The standard InChI is InChI=1S/C14H20N2O4S/c1-6-7(2)21-11(10(6)12(18)19)16-13(20)15-8-5-9(17)14(8,3)4/h8-9,17H,5H2,1-4H3,(H,18,19)(H2,15,16,20). The molecule has 0 aliphatic heterocycles. The highest BCUT2D eigenvalue weighted by Crippen LogP contribution is 2.40. The fourth-order valence-corrected chi connectivity index (χ4v) is 3.46. The summed E-state index contributed by atoms with van der Waals surface area (Å²) < 4.78 is 0. The summed E-state index contributed by atoms with van der Waals surface area (Å²) in [5.41, 5.74) is 0.441. The second-order valence-electron chi connectivity index (χ2n) is 6.02. The molecule has 7 heteroatoms. The smallest absolute Gasteiger partial charge is 0.338 e. The Bertz CT molecular complexity index is 594. The molecule has 6 nitrogen and oxygen atoms in total. The molecule has 1 fully saturated rings. The van der Waals surface area contributed by atoms with Crippen LogP contribution in [0.5, 0.6) is 0 Å². The first-order valence-corrected chi connectivity index (χ1v) is 7.55. The van der Waals surface area contributed by atoms with Crippen LogP contribution in [0.25, 0.3) is 0 Å². The number of hydrogen-bond acceptors (Lipinski definition) is 4. The van der Waals surface area contributed by atoms with Crippen molar-refractivity contribution in [2.75, 3.05) is 5.32 Å². The van der Waals surface area contributed by atoms with Gasteiger partial charge in [0.05, 0.1) is 11.7 Å². The Kier molecular flexibility index (Phi) is 3.99. The number of aliphatic hydroxyl groups is 1. The van der Waals surface area contributed by atoms with Crippen molar-refractivity contribution < 1.29 is 19.8 Å². The number of nitrogens with one attached hydrogen (secondary N) is 2. The predicted octanol–water partition coefficient (Wildman–Crippen LogP) is 2.34. The topological polar surface area (TPSA) is 98.7 Å². The van der Waals surface area contributed by atoms with Gasteiger partial charge in [0.1, 0.15) is 5.00 Å². The first-order valence-electron chi connectivity index (χ1n) is 6.73. The van der Waals surface area contributed by atoms with Gasteiger partial charge in [0.15, 0.2) is 0 Å². The molecule has 1 aromatic rings. The molecule has 21 heavy (non-hydrogen) atoms. The number of hydrogen-bond donors (Lipinski definition) is 4. The number of thiophene rings is 1. The van der Waals surface area contributed by atoms with E-state index in [0.29, 0.717) is 17.0 Å². The van der Waals surface area contributed by atoms with Crippen LogP contribution in [0.2, 0.25) is 0 Å². The lowest BCUT2D eigenvalue weighted by atomic mass is 9.65. The maximum Gasteiger partial charge on any atom is 0.338 e. The van der Waals surface area contributed by atoms with Crippen molar-refractivity contribution in [3.8, 4) is 0 Å². The number of aryl methyl sites for hydroxylation is 1. The van der Waals surface area contributed by atoms with Gasteiger partial charge in [-0.2, -0.15) is 0 Å². The molecule has 1 heterocycles. The van der Waals surface area contributed by atoms with E-state index in [2.05, 4.69) is 10.6 Å². The van der Waals surface area contributed by atoms with Crippen LogP contribution < -0.4 is 10.6 Å². The fraction of sp³-hybridized carbons (Fsp3) is 0.571. The molecule has 0 saturated heterocycles. The van der Waals surface area contributed by atoms with Crippen molar-refractivity contribution in [2.24, 2.45) is 5.41 Å². The van der Waals surface area contributed by atoms with E-state index in [4.69, 9.17) is 0 Å². The van der Waals surface area contributed by atoms with Crippen molar-refractivity contribution in [1.82, 2.24) is 5.32 Å². The maximum atomic E-state index is 12.0. The number of urea groups is 1. The Morgan fingerprint density at radius 2 is 1.95 bits per heavy atom. The summed E-state index contributed by atoms with van der Waals surface area (Å²) in [6.45, 7) is 7.31. The number of anilines is 1. The second kappa shape index (κ2) is 5.31. The number of rotatable bonds is 3. The van der Waals surface area contributed by atoms with Gasteiger partial charge < -0.3 is 15.5 Å². The Hall–Kier alpha value is -1.60. The van der Waals surface area contributed by atoms with Gasteiger partial charge in [-0.25, -0.2) is 9.59 Å². The molecule has 1 aliphatic carbocycles. The largest absolute Gasteiger partial charge is 0.478 e. The molecule has 116 valence electrons. The summed E-state index contributed by atoms with van der Waals surface area (Å²) in [6, 6.07) is -0.563. The van der Waals surface area contributed by atoms with E-state index in [0.717, 1.165) is 4.88 Å². The average Bonchev–Trinajstić information content (AvgIpc) is 2.64. The number of amides is 2. The highest BCUT2D eigenvalue weighted by molar-refractivity contribution is 7.16. The van der Waals surface area contributed by atoms with E-state index in [9.17, 15) is 19.8 Å². The van der Waals surface area contributed by atoms with Gasteiger partial charge in [-0.15, -0.1) is 11.3 Å². The minimum Gasteiger partial charge on any atom is -0.478 e.